The van der Waals surface area contributed by atoms with Crippen LogP contribution in [0.3, 0.4) is 0 Å². The molecule has 1 unspecified atom stereocenters. The van der Waals surface area contributed by atoms with Crippen LogP contribution in [-0.4, -0.2) is 23.4 Å². The molecule has 2 aromatic rings. The van der Waals surface area contributed by atoms with E-state index in [9.17, 15) is 0 Å². The fourth-order valence-electron chi connectivity index (χ4n) is 1.38. The van der Waals surface area contributed by atoms with Crippen molar-refractivity contribution in [3.05, 3.63) is 34.1 Å². The molecule has 0 bridgehead atoms. The van der Waals surface area contributed by atoms with Crippen LogP contribution in [0.4, 0.5) is 0 Å². The summed E-state index contributed by atoms with van der Waals surface area (Å²) in [5, 5.41) is 7.94. The van der Waals surface area contributed by atoms with Crippen LogP contribution in [0.2, 0.25) is 0 Å². The van der Waals surface area contributed by atoms with E-state index < -0.39 is 0 Å². The summed E-state index contributed by atoms with van der Waals surface area (Å²) in [5.41, 5.74) is 7.03. The van der Waals surface area contributed by atoms with E-state index in [1.807, 2.05) is 18.4 Å². The van der Waals surface area contributed by atoms with Crippen LogP contribution < -0.4 is 5.73 Å². The van der Waals surface area contributed by atoms with Crippen LogP contribution in [0, 0.1) is 0 Å². The van der Waals surface area contributed by atoms with Gasteiger partial charge in [0.2, 0.25) is 5.89 Å². The smallest absolute Gasteiger partial charge is 0.231 e. The number of hydrogen-bond acceptors (Lipinski definition) is 6. The van der Waals surface area contributed by atoms with E-state index in [4.69, 9.17) is 15.0 Å². The molecule has 0 aliphatic carbocycles. The Morgan fingerprint density at radius 2 is 2.47 bits per heavy atom. The highest BCUT2D eigenvalue weighted by molar-refractivity contribution is 7.07. The fourth-order valence-corrected chi connectivity index (χ4v) is 2.05. The van der Waals surface area contributed by atoms with E-state index in [-0.39, 0.29) is 6.04 Å². The lowest BCUT2D eigenvalue weighted by molar-refractivity contribution is 0.130. The highest BCUT2D eigenvalue weighted by Crippen LogP contribution is 2.13. The lowest BCUT2D eigenvalue weighted by Crippen LogP contribution is -2.18. The summed E-state index contributed by atoms with van der Waals surface area (Å²) in [4.78, 5) is 4.26. The van der Waals surface area contributed by atoms with Gasteiger partial charge in [0, 0.05) is 6.61 Å². The third kappa shape index (κ3) is 3.36. The topological polar surface area (TPSA) is 74.2 Å². The quantitative estimate of drug-likeness (QED) is 0.849. The van der Waals surface area contributed by atoms with Crippen molar-refractivity contribution in [2.24, 2.45) is 5.73 Å². The first-order chi connectivity index (χ1) is 8.29. The number of aromatic nitrogens is 2. The first-order valence-corrected chi connectivity index (χ1v) is 6.40. The third-order valence-electron chi connectivity index (χ3n) is 2.25. The predicted octanol–water partition coefficient (Wildman–Crippen LogP) is 1.76. The minimum absolute atomic E-state index is 0.324. The molecule has 0 aliphatic heterocycles. The number of nitrogens with two attached hydrogens (primary N) is 1. The van der Waals surface area contributed by atoms with Crippen LogP contribution in [-0.2, 0) is 11.2 Å². The zero-order valence-electron chi connectivity index (χ0n) is 9.63. The van der Waals surface area contributed by atoms with Crippen LogP contribution in [0.25, 0.3) is 0 Å². The van der Waals surface area contributed by atoms with Crippen molar-refractivity contribution in [3.63, 3.8) is 0 Å². The van der Waals surface area contributed by atoms with E-state index in [1.54, 1.807) is 11.3 Å². The largest absolute Gasteiger partial charge is 0.380 e. The maximum atomic E-state index is 5.86. The summed E-state index contributed by atoms with van der Waals surface area (Å²) in [5.74, 6) is 1.09. The van der Waals surface area contributed by atoms with Gasteiger partial charge in [-0.15, -0.1) is 0 Å². The van der Waals surface area contributed by atoms with E-state index in [0.29, 0.717) is 31.3 Å². The van der Waals surface area contributed by atoms with Gasteiger partial charge in [-0.3, -0.25) is 0 Å². The Morgan fingerprint density at radius 1 is 1.59 bits per heavy atom. The Morgan fingerprint density at radius 3 is 3.18 bits per heavy atom. The molecule has 2 aromatic heterocycles. The Kier molecular flexibility index (Phi) is 4.24. The second-order valence-electron chi connectivity index (χ2n) is 3.62. The zero-order chi connectivity index (χ0) is 12.1. The Balaban J connectivity index is 1.95. The van der Waals surface area contributed by atoms with Gasteiger partial charge in [-0.05, 0) is 29.3 Å². The van der Waals surface area contributed by atoms with Gasteiger partial charge in [0.05, 0.1) is 19.1 Å². The average Bonchev–Trinajstić information content (AvgIpc) is 2.98. The summed E-state index contributed by atoms with van der Waals surface area (Å²) in [6.45, 7) is 2.96. The van der Waals surface area contributed by atoms with E-state index in [0.717, 1.165) is 0 Å². The van der Waals surface area contributed by atoms with Gasteiger partial charge in [-0.2, -0.15) is 16.3 Å². The van der Waals surface area contributed by atoms with Crippen LogP contribution >= 0.6 is 11.3 Å². The van der Waals surface area contributed by atoms with Gasteiger partial charge in [0.15, 0.2) is 5.82 Å². The summed E-state index contributed by atoms with van der Waals surface area (Å²) in [6, 6.07) is 1.71. The molecule has 2 rings (SSSR count). The SMILES string of the molecule is CCOCC(N)c1noc(Cc2ccsc2)n1. The molecule has 5 nitrogen and oxygen atoms in total. The van der Waals surface area contributed by atoms with Crippen molar-refractivity contribution in [1.82, 2.24) is 10.1 Å². The average molecular weight is 253 g/mol. The molecule has 0 aromatic carbocycles. The second-order valence-corrected chi connectivity index (χ2v) is 4.40. The van der Waals surface area contributed by atoms with Crippen molar-refractivity contribution < 1.29 is 9.26 Å². The van der Waals surface area contributed by atoms with Crippen molar-refractivity contribution in [2.75, 3.05) is 13.2 Å². The number of ether oxygens (including phenoxy) is 1. The van der Waals surface area contributed by atoms with Gasteiger partial charge in [-0.1, -0.05) is 5.16 Å². The molecule has 2 heterocycles. The molecule has 17 heavy (non-hydrogen) atoms. The van der Waals surface area contributed by atoms with Gasteiger partial charge >= 0.3 is 0 Å². The molecule has 1 atom stereocenters. The molecular weight excluding hydrogens is 238 g/mol. The lowest BCUT2D eigenvalue weighted by atomic mass is 10.2. The molecule has 0 amide bonds. The molecule has 0 saturated heterocycles. The number of nitrogens with zero attached hydrogens (tertiary/aromatic N) is 2. The number of rotatable bonds is 6. The molecule has 0 spiro atoms. The van der Waals surface area contributed by atoms with E-state index >= 15 is 0 Å². The zero-order valence-corrected chi connectivity index (χ0v) is 10.4. The number of thiophene rings is 1. The summed E-state index contributed by atoms with van der Waals surface area (Å²) < 4.78 is 10.4. The molecule has 2 N–H and O–H groups in total. The predicted molar refractivity (Wildman–Crippen MR) is 64.8 cm³/mol. The summed E-state index contributed by atoms with van der Waals surface area (Å²) >= 11 is 1.65. The molecular formula is C11H15N3O2S. The summed E-state index contributed by atoms with van der Waals surface area (Å²) in [7, 11) is 0. The molecule has 0 saturated carbocycles. The highest BCUT2D eigenvalue weighted by Gasteiger charge is 2.14. The maximum Gasteiger partial charge on any atom is 0.231 e. The maximum absolute atomic E-state index is 5.86. The van der Waals surface area contributed by atoms with E-state index in [1.165, 1.54) is 5.56 Å². The highest BCUT2D eigenvalue weighted by atomic mass is 32.1. The molecule has 0 fully saturated rings. The van der Waals surface area contributed by atoms with Gasteiger partial charge < -0.3 is 15.0 Å². The normalized spacial score (nSPS) is 12.8. The summed E-state index contributed by atoms with van der Waals surface area (Å²) in [6.07, 6.45) is 0.651. The first kappa shape index (κ1) is 12.2. The molecule has 92 valence electrons. The van der Waals surface area contributed by atoms with Crippen molar-refractivity contribution in [1.29, 1.82) is 0 Å². The molecule has 0 aliphatic rings. The van der Waals surface area contributed by atoms with Crippen molar-refractivity contribution >= 4 is 11.3 Å². The number of hydrogen-bond donors (Lipinski definition) is 1. The van der Waals surface area contributed by atoms with Gasteiger partial charge in [0.1, 0.15) is 0 Å². The van der Waals surface area contributed by atoms with Crippen molar-refractivity contribution in [2.45, 2.75) is 19.4 Å². The Hall–Kier alpha value is -1.24. The van der Waals surface area contributed by atoms with Crippen LogP contribution in [0.5, 0.6) is 0 Å². The van der Waals surface area contributed by atoms with E-state index in [2.05, 4.69) is 15.5 Å². The Bertz CT molecular complexity index is 441. The van der Waals surface area contributed by atoms with Gasteiger partial charge in [0.25, 0.3) is 0 Å². The fraction of sp³-hybridized carbons (Fsp3) is 0.455. The molecule has 6 heteroatoms. The standard InChI is InChI=1S/C11H15N3O2S/c1-2-15-6-9(12)11-13-10(16-14-11)5-8-3-4-17-7-8/h3-4,7,9H,2,5-6,12H2,1H3. The third-order valence-corrected chi connectivity index (χ3v) is 2.98. The second kappa shape index (κ2) is 5.90. The lowest BCUT2D eigenvalue weighted by Gasteiger charge is -2.05. The van der Waals surface area contributed by atoms with Gasteiger partial charge in [-0.25, -0.2) is 0 Å². The van der Waals surface area contributed by atoms with Crippen LogP contribution in [0.15, 0.2) is 21.3 Å². The monoisotopic (exact) mass is 253 g/mol. The molecule has 0 radical (unpaired) electrons. The van der Waals surface area contributed by atoms with Crippen molar-refractivity contribution in [3.8, 4) is 0 Å². The van der Waals surface area contributed by atoms with Crippen LogP contribution in [0.1, 0.15) is 30.2 Å². The first-order valence-electron chi connectivity index (χ1n) is 5.46. The Labute approximate surface area is 104 Å². The minimum atomic E-state index is -0.324. The minimum Gasteiger partial charge on any atom is -0.380 e.